The van der Waals surface area contributed by atoms with Crippen molar-refractivity contribution >= 4 is 10.4 Å². The molecule has 0 fully saturated rings. The second-order valence-corrected chi connectivity index (χ2v) is 9.49. The number of hydrogen-bond donors (Lipinski definition) is 0. The summed E-state index contributed by atoms with van der Waals surface area (Å²) in [6.45, 7) is 4.54. The normalized spacial score (nSPS) is 12.7. The van der Waals surface area contributed by atoms with Crippen molar-refractivity contribution in [1.82, 2.24) is 0 Å². The predicted molar refractivity (Wildman–Crippen MR) is 118 cm³/mol. The molecule has 0 amide bonds. The van der Waals surface area contributed by atoms with Crippen LogP contribution in [0.1, 0.15) is 136 Å². The van der Waals surface area contributed by atoms with Gasteiger partial charge >= 0.3 is 29.6 Å². The first-order valence-corrected chi connectivity index (χ1v) is 13.4. The summed E-state index contributed by atoms with van der Waals surface area (Å²) in [6.07, 6.45) is 23.7. The minimum Gasteiger partial charge on any atom is -0.726 e. The van der Waals surface area contributed by atoms with Gasteiger partial charge in [0.2, 0.25) is 10.4 Å². The van der Waals surface area contributed by atoms with Crippen molar-refractivity contribution in [3.8, 4) is 0 Å². The molecule has 0 saturated heterocycles. The van der Waals surface area contributed by atoms with Crippen LogP contribution in [-0.2, 0) is 14.6 Å². The Balaban J connectivity index is 0. The molecule has 4 nitrogen and oxygen atoms in total. The monoisotopic (exact) mass is 442 g/mol. The summed E-state index contributed by atoms with van der Waals surface area (Å²) in [7, 11) is -4.57. The zero-order chi connectivity index (χ0) is 20.9. The fourth-order valence-corrected chi connectivity index (χ4v) is 4.16. The molecule has 1 atom stereocenters. The molecule has 0 rings (SSSR count). The molecule has 6 heteroatoms. The van der Waals surface area contributed by atoms with E-state index in [1.165, 1.54) is 96.3 Å². The van der Waals surface area contributed by atoms with E-state index in [1.807, 2.05) is 0 Å². The molecule has 0 bridgehead atoms. The summed E-state index contributed by atoms with van der Waals surface area (Å²) in [6, 6.07) is 0. The first-order chi connectivity index (χ1) is 13.5. The Hall–Kier alpha value is 0.870. The van der Waals surface area contributed by atoms with Gasteiger partial charge in [-0.2, -0.15) is 0 Å². The molecule has 1 unspecified atom stereocenters. The van der Waals surface area contributed by atoms with Crippen molar-refractivity contribution in [2.75, 3.05) is 6.61 Å². The molecule has 0 aliphatic carbocycles. The van der Waals surface area contributed by atoms with Crippen molar-refractivity contribution < 1.29 is 46.7 Å². The van der Waals surface area contributed by atoms with Gasteiger partial charge < -0.3 is 4.55 Å². The van der Waals surface area contributed by atoms with Crippen LogP contribution in [0.25, 0.3) is 0 Å². The Bertz CT molecular complexity index is 415. The van der Waals surface area contributed by atoms with Crippen molar-refractivity contribution in [2.45, 2.75) is 136 Å². The van der Waals surface area contributed by atoms with Gasteiger partial charge in [-0.1, -0.05) is 123 Å². The van der Waals surface area contributed by atoms with E-state index < -0.39 is 10.4 Å². The van der Waals surface area contributed by atoms with E-state index in [9.17, 15) is 13.0 Å². The molecule has 29 heavy (non-hydrogen) atoms. The summed E-state index contributed by atoms with van der Waals surface area (Å²) in [5.41, 5.74) is 0. The standard InChI is InChI=1S/C23H48O4S.Na/c1-3-5-7-9-11-12-13-15-17-19-21-23(22-27-28(24,25)26)20-18-16-14-10-8-6-4-2;/h23H,3-22H2,1-2H3,(H,24,25,26);/q;+1/p-1. The Kier molecular flexibility index (Phi) is 26.0. The zero-order valence-corrected chi connectivity index (χ0v) is 22.6. The predicted octanol–water partition coefficient (Wildman–Crippen LogP) is 4.54. The van der Waals surface area contributed by atoms with Gasteiger partial charge in [-0.25, -0.2) is 8.42 Å². The molecule has 0 aromatic carbocycles. The maximum Gasteiger partial charge on any atom is 1.00 e. The van der Waals surface area contributed by atoms with Crippen molar-refractivity contribution in [3.05, 3.63) is 0 Å². The van der Waals surface area contributed by atoms with E-state index >= 15 is 0 Å². The third-order valence-electron chi connectivity index (χ3n) is 5.63. The summed E-state index contributed by atoms with van der Waals surface area (Å²) in [5.74, 6) is 0.202. The fourth-order valence-electron chi connectivity index (χ4n) is 3.80. The van der Waals surface area contributed by atoms with E-state index in [-0.39, 0.29) is 42.1 Å². The molecular weight excluding hydrogens is 395 g/mol. The summed E-state index contributed by atoms with van der Waals surface area (Å²) >= 11 is 0. The molecule has 0 aromatic heterocycles. The Labute approximate surface area is 204 Å². The van der Waals surface area contributed by atoms with E-state index in [2.05, 4.69) is 18.0 Å². The maximum absolute atomic E-state index is 10.8. The van der Waals surface area contributed by atoms with Crippen LogP contribution in [0.2, 0.25) is 0 Å². The third kappa shape index (κ3) is 26.8. The molecular formula is C23H47NaO4S. The van der Waals surface area contributed by atoms with Crippen LogP contribution in [0.3, 0.4) is 0 Å². The Morgan fingerprint density at radius 1 is 0.621 bits per heavy atom. The van der Waals surface area contributed by atoms with Crippen LogP contribution in [0.5, 0.6) is 0 Å². The quantitative estimate of drug-likeness (QED) is 0.107. The van der Waals surface area contributed by atoms with Gasteiger partial charge in [-0.05, 0) is 18.8 Å². The number of rotatable bonds is 22. The van der Waals surface area contributed by atoms with Gasteiger partial charge in [0.25, 0.3) is 0 Å². The largest absolute Gasteiger partial charge is 1.00 e. The van der Waals surface area contributed by atoms with Crippen molar-refractivity contribution in [1.29, 1.82) is 0 Å². The molecule has 0 N–H and O–H groups in total. The van der Waals surface area contributed by atoms with Crippen LogP contribution in [0, 0.1) is 5.92 Å². The first-order valence-electron chi connectivity index (χ1n) is 12.1. The van der Waals surface area contributed by atoms with Gasteiger partial charge in [0.05, 0.1) is 6.61 Å². The van der Waals surface area contributed by atoms with Crippen LogP contribution in [0.15, 0.2) is 0 Å². The first kappa shape index (κ1) is 32.1. The number of hydrogen-bond acceptors (Lipinski definition) is 4. The van der Waals surface area contributed by atoms with Crippen molar-refractivity contribution in [3.63, 3.8) is 0 Å². The minimum atomic E-state index is -4.57. The molecule has 0 aliphatic rings. The molecule has 170 valence electrons. The molecule has 0 spiro atoms. The van der Waals surface area contributed by atoms with Gasteiger partial charge in [0.1, 0.15) is 0 Å². The third-order valence-corrected chi connectivity index (χ3v) is 6.05. The van der Waals surface area contributed by atoms with Crippen molar-refractivity contribution in [2.24, 2.45) is 5.92 Å². The molecule has 0 aromatic rings. The average molecular weight is 443 g/mol. The second kappa shape index (κ2) is 23.5. The van der Waals surface area contributed by atoms with E-state index in [0.29, 0.717) is 0 Å². The van der Waals surface area contributed by atoms with Crippen LogP contribution in [-0.4, -0.2) is 19.6 Å². The topological polar surface area (TPSA) is 66.4 Å². The average Bonchev–Trinajstić information content (AvgIpc) is 2.65. The van der Waals surface area contributed by atoms with E-state index in [4.69, 9.17) is 0 Å². The summed E-state index contributed by atoms with van der Waals surface area (Å²) < 4.78 is 36.9. The number of unbranched alkanes of at least 4 members (excludes halogenated alkanes) is 15. The van der Waals surface area contributed by atoms with Gasteiger partial charge in [0.15, 0.2) is 0 Å². The molecule has 0 aliphatic heterocycles. The maximum atomic E-state index is 10.8. The smallest absolute Gasteiger partial charge is 0.726 e. The molecule has 0 heterocycles. The molecule has 0 radical (unpaired) electrons. The van der Waals surface area contributed by atoms with Gasteiger partial charge in [-0.15, -0.1) is 0 Å². The van der Waals surface area contributed by atoms with E-state index in [1.54, 1.807) is 0 Å². The fraction of sp³-hybridized carbons (Fsp3) is 1.00. The second-order valence-electron chi connectivity index (χ2n) is 8.44. The van der Waals surface area contributed by atoms with Gasteiger partial charge in [0, 0.05) is 0 Å². The Morgan fingerprint density at radius 2 is 0.931 bits per heavy atom. The SMILES string of the molecule is CCCCCCCCCCCCC(CCCCCCCCC)COS(=O)(=O)[O-].[Na+]. The van der Waals surface area contributed by atoms with Crippen LogP contribution >= 0.6 is 0 Å². The minimum absolute atomic E-state index is 0. The Morgan fingerprint density at radius 3 is 1.24 bits per heavy atom. The summed E-state index contributed by atoms with van der Waals surface area (Å²) in [4.78, 5) is 0. The zero-order valence-electron chi connectivity index (χ0n) is 19.8. The van der Waals surface area contributed by atoms with Gasteiger partial charge in [-0.3, -0.25) is 4.18 Å². The molecule has 0 saturated carbocycles. The summed E-state index contributed by atoms with van der Waals surface area (Å²) in [5, 5.41) is 0. The van der Waals surface area contributed by atoms with E-state index in [0.717, 1.165) is 25.7 Å². The van der Waals surface area contributed by atoms with Crippen LogP contribution < -0.4 is 29.6 Å². The van der Waals surface area contributed by atoms with Crippen LogP contribution in [0.4, 0.5) is 0 Å².